The summed E-state index contributed by atoms with van der Waals surface area (Å²) in [4.78, 5) is 4.68. The highest BCUT2D eigenvalue weighted by Crippen LogP contribution is 2.23. The third kappa shape index (κ3) is 2.85. The number of nitrogens with zero attached hydrogens (tertiary/aromatic N) is 2. The number of benzene rings is 1. The van der Waals surface area contributed by atoms with Crippen molar-refractivity contribution in [3.05, 3.63) is 29.0 Å². The number of halogens is 1. The van der Waals surface area contributed by atoms with E-state index >= 15 is 0 Å². The molecule has 0 bridgehead atoms. The quantitative estimate of drug-likeness (QED) is 0.921. The molecule has 0 radical (unpaired) electrons. The van der Waals surface area contributed by atoms with E-state index in [9.17, 15) is 0 Å². The van der Waals surface area contributed by atoms with Crippen LogP contribution in [0.2, 0.25) is 5.02 Å². The fourth-order valence-electron chi connectivity index (χ4n) is 2.16. The molecule has 18 heavy (non-hydrogen) atoms. The summed E-state index contributed by atoms with van der Waals surface area (Å²) in [5.41, 5.74) is 7.94. The molecule has 4 heteroatoms. The smallest absolute Gasteiger partial charge is 0.111 e. The van der Waals surface area contributed by atoms with Crippen LogP contribution in [0.3, 0.4) is 0 Å². The topological polar surface area (TPSA) is 43.8 Å². The zero-order valence-electron chi connectivity index (χ0n) is 11.2. The van der Waals surface area contributed by atoms with Crippen LogP contribution in [0.5, 0.6) is 0 Å². The molecular weight excluding hydrogens is 246 g/mol. The Balaban J connectivity index is 2.54. The number of imidazole rings is 1. The molecule has 0 fully saturated rings. The van der Waals surface area contributed by atoms with Crippen molar-refractivity contribution in [2.45, 2.75) is 45.7 Å². The van der Waals surface area contributed by atoms with Gasteiger partial charge in [0.2, 0.25) is 0 Å². The number of hydrogen-bond donors (Lipinski definition) is 1. The normalized spacial score (nSPS) is 12.3. The first-order valence-corrected chi connectivity index (χ1v) is 6.72. The van der Waals surface area contributed by atoms with E-state index in [4.69, 9.17) is 17.3 Å². The zero-order chi connectivity index (χ0) is 13.3. The molecule has 2 aromatic rings. The summed E-state index contributed by atoms with van der Waals surface area (Å²) in [7, 11) is 0. The van der Waals surface area contributed by atoms with Crippen molar-refractivity contribution < 1.29 is 0 Å². The monoisotopic (exact) mass is 265 g/mol. The average Bonchev–Trinajstić information content (AvgIpc) is 2.55. The van der Waals surface area contributed by atoms with Crippen molar-refractivity contribution in [3.8, 4) is 0 Å². The molecule has 1 aromatic carbocycles. The van der Waals surface area contributed by atoms with Crippen LogP contribution in [0.15, 0.2) is 18.2 Å². The van der Waals surface area contributed by atoms with E-state index in [1.165, 1.54) is 0 Å². The number of hydrogen-bond acceptors (Lipinski definition) is 2. The Morgan fingerprint density at radius 2 is 2.11 bits per heavy atom. The minimum atomic E-state index is -0.253. The van der Waals surface area contributed by atoms with Crippen LogP contribution in [-0.4, -0.2) is 15.1 Å². The van der Waals surface area contributed by atoms with Crippen LogP contribution in [-0.2, 0) is 13.0 Å². The molecule has 0 amide bonds. The number of rotatable bonds is 4. The second kappa shape index (κ2) is 4.90. The molecule has 1 heterocycles. The van der Waals surface area contributed by atoms with Gasteiger partial charge in [0.05, 0.1) is 11.0 Å². The highest BCUT2D eigenvalue weighted by atomic mass is 35.5. The fourth-order valence-corrected chi connectivity index (χ4v) is 2.33. The number of aryl methyl sites for hydroxylation is 1. The molecule has 0 saturated heterocycles. The number of aromatic nitrogens is 2. The van der Waals surface area contributed by atoms with Crippen molar-refractivity contribution in [2.75, 3.05) is 0 Å². The summed E-state index contributed by atoms with van der Waals surface area (Å²) in [5, 5.41) is 0.748. The Morgan fingerprint density at radius 1 is 1.39 bits per heavy atom. The van der Waals surface area contributed by atoms with Crippen molar-refractivity contribution in [3.63, 3.8) is 0 Å². The molecule has 0 spiro atoms. The molecular formula is C14H20ClN3. The Bertz CT molecular complexity index is 552. The fraction of sp³-hybridized carbons (Fsp3) is 0.500. The molecule has 1 aromatic heterocycles. The molecule has 2 rings (SSSR count). The Hall–Kier alpha value is -1.06. The lowest BCUT2D eigenvalue weighted by Gasteiger charge is -2.18. The lowest BCUT2D eigenvalue weighted by atomic mass is 10.0. The van der Waals surface area contributed by atoms with Gasteiger partial charge in [0.15, 0.2) is 0 Å². The zero-order valence-corrected chi connectivity index (χ0v) is 12.0. The maximum absolute atomic E-state index is 6.10. The van der Waals surface area contributed by atoms with Crippen molar-refractivity contribution in [1.82, 2.24) is 9.55 Å². The van der Waals surface area contributed by atoms with E-state index in [2.05, 4.69) is 16.5 Å². The van der Waals surface area contributed by atoms with E-state index in [1.54, 1.807) is 0 Å². The molecule has 0 aliphatic carbocycles. The third-order valence-electron chi connectivity index (χ3n) is 2.85. The van der Waals surface area contributed by atoms with E-state index in [1.807, 2.05) is 32.0 Å². The van der Waals surface area contributed by atoms with Crippen LogP contribution >= 0.6 is 11.6 Å². The Labute approximate surface area is 113 Å². The summed E-state index contributed by atoms with van der Waals surface area (Å²) >= 11 is 6.07. The molecule has 3 nitrogen and oxygen atoms in total. The van der Waals surface area contributed by atoms with Gasteiger partial charge in [-0.25, -0.2) is 4.98 Å². The van der Waals surface area contributed by atoms with E-state index in [0.29, 0.717) is 0 Å². The molecule has 98 valence electrons. The van der Waals surface area contributed by atoms with Crippen molar-refractivity contribution >= 4 is 22.6 Å². The highest BCUT2D eigenvalue weighted by Gasteiger charge is 2.18. The van der Waals surface area contributed by atoms with Gasteiger partial charge in [-0.05, 0) is 38.5 Å². The van der Waals surface area contributed by atoms with E-state index in [0.717, 1.165) is 41.3 Å². The Kier molecular flexibility index (Phi) is 3.64. The van der Waals surface area contributed by atoms with Gasteiger partial charge < -0.3 is 10.3 Å². The highest BCUT2D eigenvalue weighted by molar-refractivity contribution is 6.31. The number of nitrogens with two attached hydrogens (primary N) is 1. The SMILES string of the molecule is CCCn1c(CC(C)(C)N)nc2ccc(Cl)cc21. The van der Waals surface area contributed by atoms with Gasteiger partial charge in [-0.1, -0.05) is 18.5 Å². The van der Waals surface area contributed by atoms with E-state index < -0.39 is 0 Å². The van der Waals surface area contributed by atoms with Gasteiger partial charge in [0.1, 0.15) is 5.82 Å². The molecule has 0 atom stereocenters. The van der Waals surface area contributed by atoms with Gasteiger partial charge in [-0.2, -0.15) is 0 Å². The summed E-state index contributed by atoms with van der Waals surface area (Å²) < 4.78 is 2.23. The molecule has 0 aliphatic heterocycles. The standard InChI is InChI=1S/C14H20ClN3/c1-4-7-18-12-8-10(15)5-6-11(12)17-13(18)9-14(2,3)16/h5-6,8H,4,7,9,16H2,1-3H3. The predicted octanol–water partition coefficient (Wildman–Crippen LogP) is 3.38. The predicted molar refractivity (Wildman–Crippen MR) is 77.0 cm³/mol. The van der Waals surface area contributed by atoms with Gasteiger partial charge in [0.25, 0.3) is 0 Å². The minimum absolute atomic E-state index is 0.253. The van der Waals surface area contributed by atoms with Gasteiger partial charge in [-0.15, -0.1) is 0 Å². The second-order valence-electron chi connectivity index (χ2n) is 5.48. The summed E-state index contributed by atoms with van der Waals surface area (Å²) in [5.74, 6) is 1.04. The van der Waals surface area contributed by atoms with Crippen LogP contribution in [0.25, 0.3) is 11.0 Å². The first-order chi connectivity index (χ1) is 8.40. The van der Waals surface area contributed by atoms with Gasteiger partial charge in [-0.3, -0.25) is 0 Å². The van der Waals surface area contributed by atoms with Crippen molar-refractivity contribution in [1.29, 1.82) is 0 Å². The third-order valence-corrected chi connectivity index (χ3v) is 3.09. The largest absolute Gasteiger partial charge is 0.328 e. The minimum Gasteiger partial charge on any atom is -0.328 e. The molecule has 0 saturated carbocycles. The molecule has 2 N–H and O–H groups in total. The summed E-state index contributed by atoms with van der Waals surface area (Å²) in [6.45, 7) is 7.15. The Morgan fingerprint density at radius 3 is 2.72 bits per heavy atom. The first-order valence-electron chi connectivity index (χ1n) is 6.34. The summed E-state index contributed by atoms with van der Waals surface area (Å²) in [6.07, 6.45) is 1.83. The average molecular weight is 266 g/mol. The maximum atomic E-state index is 6.10. The maximum Gasteiger partial charge on any atom is 0.111 e. The van der Waals surface area contributed by atoms with Crippen LogP contribution in [0.4, 0.5) is 0 Å². The van der Waals surface area contributed by atoms with Crippen LogP contribution in [0.1, 0.15) is 33.0 Å². The van der Waals surface area contributed by atoms with Crippen molar-refractivity contribution in [2.24, 2.45) is 5.73 Å². The van der Waals surface area contributed by atoms with Crippen LogP contribution < -0.4 is 5.73 Å². The second-order valence-corrected chi connectivity index (χ2v) is 5.91. The first kappa shape index (κ1) is 13.4. The van der Waals surface area contributed by atoms with Gasteiger partial charge >= 0.3 is 0 Å². The van der Waals surface area contributed by atoms with E-state index in [-0.39, 0.29) is 5.54 Å². The van der Waals surface area contributed by atoms with Crippen LogP contribution in [0, 0.1) is 0 Å². The van der Waals surface area contributed by atoms with Gasteiger partial charge in [0, 0.05) is 23.5 Å². The summed E-state index contributed by atoms with van der Waals surface area (Å²) in [6, 6.07) is 5.83. The molecule has 0 unspecified atom stereocenters. The number of fused-ring (bicyclic) bond motifs is 1. The lowest BCUT2D eigenvalue weighted by Crippen LogP contribution is -2.35. The molecule has 0 aliphatic rings. The lowest BCUT2D eigenvalue weighted by molar-refractivity contribution is 0.486.